The van der Waals surface area contributed by atoms with E-state index in [-0.39, 0.29) is 6.10 Å². The number of aliphatic hydroxyl groups is 1. The van der Waals surface area contributed by atoms with Gasteiger partial charge in [0.1, 0.15) is 11.6 Å². The minimum atomic E-state index is -0.639. The van der Waals surface area contributed by atoms with Crippen molar-refractivity contribution in [3.63, 3.8) is 0 Å². The topological polar surface area (TPSA) is 82.0 Å². The maximum atomic E-state index is 10.6. The summed E-state index contributed by atoms with van der Waals surface area (Å²) in [6.07, 6.45) is 3.81. The summed E-state index contributed by atoms with van der Waals surface area (Å²) >= 11 is 0. The van der Waals surface area contributed by atoms with Crippen molar-refractivity contribution in [1.29, 1.82) is 0 Å². The summed E-state index contributed by atoms with van der Waals surface area (Å²) in [6.45, 7) is 9.83. The Hall–Kier alpha value is -2.80. The van der Waals surface area contributed by atoms with Gasteiger partial charge in [-0.05, 0) is 69.0 Å². The SMILES string of the molecule is CCNC(=NCc1ccnc(N2CCCC2)c1)NCC(O)c1ccc(OC(C)C)cc1. The molecule has 0 bridgehead atoms. The molecule has 1 atom stereocenters. The van der Waals surface area contributed by atoms with E-state index in [0.29, 0.717) is 19.0 Å². The van der Waals surface area contributed by atoms with Crippen molar-refractivity contribution in [3.05, 3.63) is 53.7 Å². The standard InChI is InChI=1S/C24H35N5O2/c1-4-25-24(27-16-19-11-12-26-23(15-19)29-13-5-6-14-29)28-17-22(30)20-7-9-21(10-8-20)31-18(2)3/h7-12,15,18,22,30H,4-6,13-14,16-17H2,1-3H3,(H2,25,27,28). The normalized spacial score (nSPS) is 15.3. The Morgan fingerprint density at radius 3 is 2.58 bits per heavy atom. The molecule has 7 nitrogen and oxygen atoms in total. The number of nitrogens with one attached hydrogen (secondary N) is 2. The minimum absolute atomic E-state index is 0.128. The third kappa shape index (κ3) is 7.14. The quantitative estimate of drug-likeness (QED) is 0.423. The first-order valence-electron chi connectivity index (χ1n) is 11.2. The fourth-order valence-electron chi connectivity index (χ4n) is 3.54. The number of ether oxygens (including phenoxy) is 1. The van der Waals surface area contributed by atoms with Gasteiger partial charge in [0, 0.05) is 32.4 Å². The molecular formula is C24H35N5O2. The molecule has 1 unspecified atom stereocenters. The highest BCUT2D eigenvalue weighted by Gasteiger charge is 2.14. The molecule has 0 spiro atoms. The van der Waals surface area contributed by atoms with Crippen LogP contribution in [0.25, 0.3) is 0 Å². The van der Waals surface area contributed by atoms with E-state index in [0.717, 1.165) is 42.3 Å². The summed E-state index contributed by atoms with van der Waals surface area (Å²) in [6, 6.07) is 11.7. The number of nitrogens with zero attached hydrogens (tertiary/aromatic N) is 3. The molecule has 7 heteroatoms. The molecule has 1 aliphatic rings. The summed E-state index contributed by atoms with van der Waals surface area (Å²) in [4.78, 5) is 11.5. The molecule has 1 aromatic carbocycles. The van der Waals surface area contributed by atoms with E-state index in [9.17, 15) is 5.11 Å². The van der Waals surface area contributed by atoms with Crippen molar-refractivity contribution < 1.29 is 9.84 Å². The second kappa shape index (κ2) is 11.6. The zero-order chi connectivity index (χ0) is 22.1. The molecule has 31 heavy (non-hydrogen) atoms. The van der Waals surface area contributed by atoms with E-state index in [4.69, 9.17) is 4.74 Å². The smallest absolute Gasteiger partial charge is 0.191 e. The average Bonchev–Trinajstić information content (AvgIpc) is 3.31. The lowest BCUT2D eigenvalue weighted by atomic mass is 10.1. The monoisotopic (exact) mass is 425 g/mol. The van der Waals surface area contributed by atoms with Crippen molar-refractivity contribution in [1.82, 2.24) is 15.6 Å². The Morgan fingerprint density at radius 2 is 1.90 bits per heavy atom. The van der Waals surface area contributed by atoms with Gasteiger partial charge in [-0.25, -0.2) is 9.98 Å². The molecule has 0 radical (unpaired) electrons. The third-order valence-corrected chi connectivity index (χ3v) is 5.10. The lowest BCUT2D eigenvalue weighted by molar-refractivity contribution is 0.180. The van der Waals surface area contributed by atoms with Crippen LogP contribution in [0, 0.1) is 0 Å². The number of benzene rings is 1. The summed E-state index contributed by atoms with van der Waals surface area (Å²) < 4.78 is 5.66. The average molecular weight is 426 g/mol. The van der Waals surface area contributed by atoms with Gasteiger partial charge in [-0.1, -0.05) is 12.1 Å². The predicted octanol–water partition coefficient (Wildman–Crippen LogP) is 3.26. The third-order valence-electron chi connectivity index (χ3n) is 5.10. The summed E-state index contributed by atoms with van der Waals surface area (Å²) in [5, 5.41) is 17.0. The van der Waals surface area contributed by atoms with Crippen LogP contribution in [0.2, 0.25) is 0 Å². The highest BCUT2D eigenvalue weighted by atomic mass is 16.5. The number of aliphatic imine (C=N–C) groups is 1. The molecule has 1 aromatic heterocycles. The Labute approximate surface area is 185 Å². The largest absolute Gasteiger partial charge is 0.491 e. The summed E-state index contributed by atoms with van der Waals surface area (Å²) in [5.41, 5.74) is 1.96. The fourth-order valence-corrected chi connectivity index (χ4v) is 3.54. The van der Waals surface area contributed by atoms with E-state index in [1.165, 1.54) is 12.8 Å². The number of aliphatic hydroxyl groups excluding tert-OH is 1. The van der Waals surface area contributed by atoms with Gasteiger partial charge < -0.3 is 25.4 Å². The van der Waals surface area contributed by atoms with Crippen LogP contribution in [-0.2, 0) is 6.54 Å². The molecule has 0 amide bonds. The molecule has 0 aliphatic carbocycles. The number of aromatic nitrogens is 1. The van der Waals surface area contributed by atoms with Gasteiger partial charge in [-0.2, -0.15) is 0 Å². The van der Waals surface area contributed by atoms with Crippen LogP contribution in [0.3, 0.4) is 0 Å². The van der Waals surface area contributed by atoms with Crippen LogP contribution >= 0.6 is 0 Å². The minimum Gasteiger partial charge on any atom is -0.491 e. The predicted molar refractivity (Wildman–Crippen MR) is 126 cm³/mol. The van der Waals surface area contributed by atoms with Gasteiger partial charge in [-0.3, -0.25) is 0 Å². The number of pyridine rings is 1. The van der Waals surface area contributed by atoms with E-state index >= 15 is 0 Å². The maximum Gasteiger partial charge on any atom is 0.191 e. The zero-order valence-corrected chi connectivity index (χ0v) is 18.8. The number of hydrogen-bond acceptors (Lipinski definition) is 5. The van der Waals surface area contributed by atoms with Crippen molar-refractivity contribution in [2.45, 2.75) is 52.4 Å². The van der Waals surface area contributed by atoms with E-state index in [1.54, 1.807) is 0 Å². The number of hydrogen-bond donors (Lipinski definition) is 3. The van der Waals surface area contributed by atoms with Crippen LogP contribution in [0.5, 0.6) is 5.75 Å². The molecule has 168 valence electrons. The van der Waals surface area contributed by atoms with Gasteiger partial charge in [0.15, 0.2) is 5.96 Å². The van der Waals surface area contributed by atoms with Crippen molar-refractivity contribution in [2.75, 3.05) is 31.1 Å². The van der Waals surface area contributed by atoms with Crippen LogP contribution < -0.4 is 20.3 Å². The first-order valence-corrected chi connectivity index (χ1v) is 11.2. The van der Waals surface area contributed by atoms with Gasteiger partial charge in [0.25, 0.3) is 0 Å². The summed E-state index contributed by atoms with van der Waals surface area (Å²) in [7, 11) is 0. The fraction of sp³-hybridized carbons (Fsp3) is 0.500. The second-order valence-electron chi connectivity index (χ2n) is 8.04. The number of anilines is 1. The molecule has 3 rings (SSSR count). The molecular weight excluding hydrogens is 390 g/mol. The summed E-state index contributed by atoms with van der Waals surface area (Å²) in [5.74, 6) is 2.52. The van der Waals surface area contributed by atoms with E-state index in [2.05, 4.69) is 31.6 Å². The van der Waals surface area contributed by atoms with Crippen LogP contribution in [0.4, 0.5) is 5.82 Å². The van der Waals surface area contributed by atoms with Crippen molar-refractivity contribution >= 4 is 11.8 Å². The Bertz CT molecular complexity index is 832. The molecule has 1 fully saturated rings. The van der Waals surface area contributed by atoms with Crippen molar-refractivity contribution in [2.24, 2.45) is 4.99 Å². The molecule has 2 aromatic rings. The van der Waals surface area contributed by atoms with E-state index in [1.807, 2.05) is 57.3 Å². The Morgan fingerprint density at radius 1 is 1.16 bits per heavy atom. The molecule has 2 heterocycles. The van der Waals surface area contributed by atoms with Crippen LogP contribution in [0.1, 0.15) is 50.8 Å². The highest BCUT2D eigenvalue weighted by molar-refractivity contribution is 5.79. The maximum absolute atomic E-state index is 10.6. The lowest BCUT2D eigenvalue weighted by Gasteiger charge is -2.17. The molecule has 0 saturated carbocycles. The van der Waals surface area contributed by atoms with Crippen LogP contribution in [0.15, 0.2) is 47.6 Å². The van der Waals surface area contributed by atoms with Gasteiger partial charge >= 0.3 is 0 Å². The highest BCUT2D eigenvalue weighted by Crippen LogP contribution is 2.19. The van der Waals surface area contributed by atoms with Crippen LogP contribution in [-0.4, -0.2) is 48.3 Å². The first kappa shape index (κ1) is 22.9. The van der Waals surface area contributed by atoms with Gasteiger partial charge in [0.2, 0.25) is 0 Å². The molecule has 1 aliphatic heterocycles. The van der Waals surface area contributed by atoms with Gasteiger partial charge in [-0.15, -0.1) is 0 Å². The number of rotatable bonds is 9. The second-order valence-corrected chi connectivity index (χ2v) is 8.04. The Balaban J connectivity index is 1.56. The molecule has 3 N–H and O–H groups in total. The Kier molecular flexibility index (Phi) is 8.53. The first-order chi connectivity index (χ1) is 15.0. The molecule has 1 saturated heterocycles. The van der Waals surface area contributed by atoms with Crippen molar-refractivity contribution in [3.8, 4) is 5.75 Å². The van der Waals surface area contributed by atoms with E-state index < -0.39 is 6.10 Å². The number of guanidine groups is 1. The lowest BCUT2D eigenvalue weighted by Crippen LogP contribution is -2.39. The zero-order valence-electron chi connectivity index (χ0n) is 18.8. The van der Waals surface area contributed by atoms with Gasteiger partial charge in [0.05, 0.1) is 18.8 Å².